The van der Waals surface area contributed by atoms with E-state index in [0.29, 0.717) is 28.4 Å². The van der Waals surface area contributed by atoms with Crippen molar-refractivity contribution < 1.29 is 19.1 Å². The molecule has 0 aliphatic rings. The van der Waals surface area contributed by atoms with Crippen molar-refractivity contribution in [3.63, 3.8) is 0 Å². The molecular weight excluding hydrogens is 382 g/mol. The van der Waals surface area contributed by atoms with Crippen molar-refractivity contribution in [2.75, 3.05) is 36.7 Å². The number of para-hydroxylation sites is 2. The molecule has 7 nitrogen and oxygen atoms in total. The van der Waals surface area contributed by atoms with Crippen molar-refractivity contribution in [2.24, 2.45) is 0 Å². The summed E-state index contributed by atoms with van der Waals surface area (Å²) in [5, 5.41) is 8.64. The summed E-state index contributed by atoms with van der Waals surface area (Å²) < 4.78 is 10.4. The molecule has 30 heavy (non-hydrogen) atoms. The van der Waals surface area contributed by atoms with E-state index < -0.39 is 0 Å². The molecule has 0 unspecified atom stereocenters. The second kappa shape index (κ2) is 9.97. The Hall–Kier alpha value is -4.00. The van der Waals surface area contributed by atoms with Gasteiger partial charge in [0.25, 0.3) is 5.91 Å². The molecule has 3 aromatic rings. The summed E-state index contributed by atoms with van der Waals surface area (Å²) in [6.45, 7) is 0.100. The molecule has 0 heterocycles. The lowest BCUT2D eigenvalue weighted by atomic mass is 10.2. The van der Waals surface area contributed by atoms with Gasteiger partial charge in [0.1, 0.15) is 11.5 Å². The van der Waals surface area contributed by atoms with Crippen molar-refractivity contribution in [3.05, 3.63) is 78.4 Å². The monoisotopic (exact) mass is 405 g/mol. The van der Waals surface area contributed by atoms with Crippen LogP contribution in [0.15, 0.2) is 72.8 Å². The number of methoxy groups -OCH3 is 2. The molecule has 3 aromatic carbocycles. The maximum atomic E-state index is 12.5. The summed E-state index contributed by atoms with van der Waals surface area (Å²) in [5.41, 5.74) is 2.44. The Morgan fingerprint density at radius 2 is 1.57 bits per heavy atom. The minimum absolute atomic E-state index is 0.100. The third-order valence-corrected chi connectivity index (χ3v) is 4.31. The molecular formula is C23H23N3O4. The first kappa shape index (κ1) is 20.7. The zero-order valence-corrected chi connectivity index (χ0v) is 16.8. The van der Waals surface area contributed by atoms with Gasteiger partial charge < -0.3 is 25.4 Å². The van der Waals surface area contributed by atoms with Gasteiger partial charge in [-0.3, -0.25) is 9.59 Å². The average molecular weight is 405 g/mol. The second-order valence-corrected chi connectivity index (χ2v) is 6.37. The highest BCUT2D eigenvalue weighted by Crippen LogP contribution is 2.24. The fourth-order valence-electron chi connectivity index (χ4n) is 2.77. The third kappa shape index (κ3) is 5.51. The maximum absolute atomic E-state index is 12.5. The maximum Gasteiger partial charge on any atom is 0.255 e. The fourth-order valence-corrected chi connectivity index (χ4v) is 2.77. The molecule has 0 fully saturated rings. The number of nitrogens with one attached hydrogen (secondary N) is 3. The number of hydrogen-bond donors (Lipinski definition) is 3. The molecule has 0 aliphatic heterocycles. The van der Waals surface area contributed by atoms with Crippen LogP contribution in [0.5, 0.6) is 11.5 Å². The van der Waals surface area contributed by atoms with Gasteiger partial charge in [-0.25, -0.2) is 0 Å². The molecule has 0 aliphatic carbocycles. The molecule has 7 heteroatoms. The van der Waals surface area contributed by atoms with Crippen molar-refractivity contribution in [2.45, 2.75) is 0 Å². The number of ether oxygens (including phenoxy) is 2. The van der Waals surface area contributed by atoms with E-state index in [4.69, 9.17) is 9.47 Å². The predicted molar refractivity (Wildman–Crippen MR) is 118 cm³/mol. The first-order valence-electron chi connectivity index (χ1n) is 9.31. The van der Waals surface area contributed by atoms with Gasteiger partial charge in [0.15, 0.2) is 0 Å². The molecule has 0 atom stereocenters. The van der Waals surface area contributed by atoms with Crippen molar-refractivity contribution >= 4 is 28.9 Å². The number of anilines is 3. The Kier molecular flexibility index (Phi) is 6.89. The SMILES string of the molecule is COc1cccc(NCC(=O)Nc2ccc(C(=O)Nc3ccccc3OC)cc2)c1. The molecule has 3 N–H and O–H groups in total. The highest BCUT2D eigenvalue weighted by molar-refractivity contribution is 6.05. The van der Waals surface area contributed by atoms with E-state index in [0.717, 1.165) is 5.69 Å². The van der Waals surface area contributed by atoms with Crippen molar-refractivity contribution in [3.8, 4) is 11.5 Å². The summed E-state index contributed by atoms with van der Waals surface area (Å²) in [4.78, 5) is 24.6. The van der Waals surface area contributed by atoms with Gasteiger partial charge in [-0.1, -0.05) is 18.2 Å². The van der Waals surface area contributed by atoms with Crippen LogP contribution in [-0.2, 0) is 4.79 Å². The van der Waals surface area contributed by atoms with Gasteiger partial charge in [-0.2, -0.15) is 0 Å². The Morgan fingerprint density at radius 1 is 0.800 bits per heavy atom. The molecule has 154 valence electrons. The highest BCUT2D eigenvalue weighted by atomic mass is 16.5. The zero-order chi connectivity index (χ0) is 21.3. The van der Waals surface area contributed by atoms with Gasteiger partial charge in [-0.15, -0.1) is 0 Å². The molecule has 2 amide bonds. The van der Waals surface area contributed by atoms with Crippen LogP contribution in [0.3, 0.4) is 0 Å². The van der Waals surface area contributed by atoms with E-state index in [-0.39, 0.29) is 18.4 Å². The Morgan fingerprint density at radius 3 is 2.30 bits per heavy atom. The lowest BCUT2D eigenvalue weighted by Gasteiger charge is -2.11. The quantitative estimate of drug-likeness (QED) is 0.527. The van der Waals surface area contributed by atoms with Crippen LogP contribution in [0.1, 0.15) is 10.4 Å². The van der Waals surface area contributed by atoms with E-state index in [9.17, 15) is 9.59 Å². The van der Waals surface area contributed by atoms with Crippen LogP contribution >= 0.6 is 0 Å². The smallest absolute Gasteiger partial charge is 0.255 e. The molecule has 0 radical (unpaired) electrons. The molecule has 0 aromatic heterocycles. The topological polar surface area (TPSA) is 88.7 Å². The van der Waals surface area contributed by atoms with Crippen LogP contribution in [0.25, 0.3) is 0 Å². The largest absolute Gasteiger partial charge is 0.497 e. The number of carbonyl (C=O) groups excluding carboxylic acids is 2. The summed E-state index contributed by atoms with van der Waals surface area (Å²) >= 11 is 0. The Bertz CT molecular complexity index is 1020. The minimum Gasteiger partial charge on any atom is -0.497 e. The third-order valence-electron chi connectivity index (χ3n) is 4.31. The molecule has 0 saturated carbocycles. The number of rotatable bonds is 8. The molecule has 0 spiro atoms. The van der Waals surface area contributed by atoms with Crippen molar-refractivity contribution in [1.29, 1.82) is 0 Å². The standard InChI is InChI=1S/C23H23N3O4/c1-29-19-7-5-6-18(14-19)24-15-22(27)25-17-12-10-16(11-13-17)23(28)26-20-8-3-4-9-21(20)30-2/h3-14,24H,15H2,1-2H3,(H,25,27)(H,26,28). The minimum atomic E-state index is -0.267. The van der Waals surface area contributed by atoms with Gasteiger partial charge in [0, 0.05) is 23.0 Å². The van der Waals surface area contributed by atoms with E-state index >= 15 is 0 Å². The van der Waals surface area contributed by atoms with Gasteiger partial charge in [0.2, 0.25) is 5.91 Å². The highest BCUT2D eigenvalue weighted by Gasteiger charge is 2.10. The average Bonchev–Trinajstić information content (AvgIpc) is 2.78. The first-order chi connectivity index (χ1) is 14.6. The van der Waals surface area contributed by atoms with Crippen LogP contribution in [0, 0.1) is 0 Å². The number of amides is 2. The van der Waals surface area contributed by atoms with Crippen LogP contribution in [-0.4, -0.2) is 32.6 Å². The summed E-state index contributed by atoms with van der Waals surface area (Å²) in [7, 11) is 3.14. The Balaban J connectivity index is 1.54. The zero-order valence-electron chi connectivity index (χ0n) is 16.8. The lowest BCUT2D eigenvalue weighted by molar-refractivity contribution is -0.114. The lowest BCUT2D eigenvalue weighted by Crippen LogP contribution is -2.21. The van der Waals surface area contributed by atoms with E-state index in [1.54, 1.807) is 50.6 Å². The van der Waals surface area contributed by atoms with E-state index in [2.05, 4.69) is 16.0 Å². The van der Waals surface area contributed by atoms with E-state index in [1.165, 1.54) is 0 Å². The van der Waals surface area contributed by atoms with Gasteiger partial charge in [0.05, 0.1) is 26.5 Å². The number of hydrogen-bond acceptors (Lipinski definition) is 5. The molecule has 3 rings (SSSR count). The Labute approximate surface area is 175 Å². The van der Waals surface area contributed by atoms with Crippen LogP contribution in [0.2, 0.25) is 0 Å². The van der Waals surface area contributed by atoms with Crippen molar-refractivity contribution in [1.82, 2.24) is 0 Å². The van der Waals surface area contributed by atoms with Gasteiger partial charge >= 0.3 is 0 Å². The molecule has 0 saturated heterocycles. The van der Waals surface area contributed by atoms with Crippen LogP contribution < -0.4 is 25.4 Å². The van der Waals surface area contributed by atoms with Crippen LogP contribution in [0.4, 0.5) is 17.1 Å². The van der Waals surface area contributed by atoms with E-state index in [1.807, 2.05) is 36.4 Å². The second-order valence-electron chi connectivity index (χ2n) is 6.37. The molecule has 0 bridgehead atoms. The normalized spacial score (nSPS) is 10.1. The van der Waals surface area contributed by atoms with Gasteiger partial charge in [-0.05, 0) is 48.5 Å². The number of benzene rings is 3. The first-order valence-corrected chi connectivity index (χ1v) is 9.31. The summed E-state index contributed by atoms with van der Waals surface area (Å²) in [6, 6.07) is 21.2. The predicted octanol–water partition coefficient (Wildman–Crippen LogP) is 4.01. The summed E-state index contributed by atoms with van der Waals surface area (Å²) in [6.07, 6.45) is 0. The summed E-state index contributed by atoms with van der Waals surface area (Å²) in [5.74, 6) is 0.821. The number of carbonyl (C=O) groups is 2. The fraction of sp³-hybridized carbons (Fsp3) is 0.130.